The van der Waals surface area contributed by atoms with Crippen LogP contribution in [-0.2, 0) is 28.7 Å². The van der Waals surface area contributed by atoms with Crippen LogP contribution in [0.5, 0.6) is 0 Å². The topological polar surface area (TPSA) is 190 Å². The van der Waals surface area contributed by atoms with Gasteiger partial charge in [-0.15, -0.1) is 40.0 Å². The van der Waals surface area contributed by atoms with Gasteiger partial charge in [0.05, 0.1) is 16.9 Å². The average molecular weight is 795 g/mol. The molecule has 0 bridgehead atoms. The van der Waals surface area contributed by atoms with E-state index in [2.05, 4.69) is 36.0 Å². The van der Waals surface area contributed by atoms with E-state index in [9.17, 15) is 19.2 Å². The second-order valence-corrected chi connectivity index (χ2v) is 16.7. The largest absolute Gasteiger partial charge is 0.448 e. The molecule has 2 aromatic carbocycles. The Balaban J connectivity index is 1.31. The molecule has 3 N–H and O–H groups in total. The van der Waals surface area contributed by atoms with Gasteiger partial charge in [-0.05, 0) is 31.9 Å². The number of nitrogens with one attached hydrogen (secondary N) is 3. The molecule has 0 radical (unpaired) electrons. The number of amides is 3. The standard InChI is InChI=1S/C34H34N8O7S4/c1-34(2,3)49-33(46)39-32-37-21(16-50-32)24(41-47-4)28(44)38-29-27(51-18-52-31-35-17-36-40-31)25(42-22(43)15-23(42)53-29)30(45)48-26(19-11-7-5-8-12-19)20-13-9-6-10-14-20/h5-14,16-17,23,26,29H,15,18H2,1-4H3,(H,38,44)(H,35,36,40)(H,37,39,46)/b41-24-. The monoisotopic (exact) mass is 794 g/mol. The number of thiazole rings is 1. The summed E-state index contributed by atoms with van der Waals surface area (Å²) < 4.78 is 11.6. The lowest BCUT2D eigenvalue weighted by molar-refractivity contribution is -0.151. The highest BCUT2D eigenvalue weighted by Gasteiger charge is 2.50. The molecule has 15 nitrogen and oxygen atoms in total. The molecular weight excluding hydrogens is 761 g/mol. The molecule has 1 fully saturated rings. The maximum Gasteiger partial charge on any atom is 0.413 e. The van der Waals surface area contributed by atoms with Crippen molar-refractivity contribution in [2.24, 2.45) is 5.16 Å². The van der Waals surface area contributed by atoms with E-state index in [1.807, 2.05) is 60.7 Å². The number of hydrogen-bond donors (Lipinski definition) is 3. The normalized spacial score (nSPS) is 17.2. The Morgan fingerprint density at radius 2 is 1.77 bits per heavy atom. The lowest BCUT2D eigenvalue weighted by Gasteiger charge is -2.47. The number of oxime groups is 1. The molecule has 2 aliphatic heterocycles. The van der Waals surface area contributed by atoms with Crippen molar-refractivity contribution in [1.29, 1.82) is 0 Å². The molecular formula is C34H34N8O7S4. The molecule has 1 saturated heterocycles. The summed E-state index contributed by atoms with van der Waals surface area (Å²) in [6.45, 7) is 5.21. The second kappa shape index (κ2) is 16.9. The molecule has 4 heterocycles. The first-order valence-electron chi connectivity index (χ1n) is 16.0. The summed E-state index contributed by atoms with van der Waals surface area (Å²) in [6, 6.07) is 18.6. The van der Waals surface area contributed by atoms with E-state index >= 15 is 0 Å². The zero-order chi connectivity index (χ0) is 37.5. The number of benzene rings is 2. The van der Waals surface area contributed by atoms with Crippen molar-refractivity contribution in [1.82, 2.24) is 30.4 Å². The third-order valence-corrected chi connectivity index (χ3v) is 11.7. The van der Waals surface area contributed by atoms with E-state index in [4.69, 9.17) is 14.3 Å². The Kier molecular flexibility index (Phi) is 12.1. The summed E-state index contributed by atoms with van der Waals surface area (Å²) in [7, 11) is 1.29. The lowest BCUT2D eigenvalue weighted by atomic mass is 10.0. The van der Waals surface area contributed by atoms with Crippen molar-refractivity contribution in [2.75, 3.05) is 17.5 Å². The van der Waals surface area contributed by atoms with Gasteiger partial charge in [0.25, 0.3) is 5.91 Å². The zero-order valence-corrected chi connectivity index (χ0v) is 32.1. The number of carbonyl (C=O) groups is 4. The Bertz CT molecular complexity index is 1960. The second-order valence-electron chi connectivity index (χ2n) is 12.2. The Hall–Kier alpha value is -4.85. The SMILES string of the molecule is CO/N=C(\C(=O)NC1SC2CC(=O)N2C(C(=O)OC(c2ccccc2)c2ccccc2)=C1SCSc1nc[nH]n1)c1csc(NC(=O)OC(C)(C)C)n1. The molecule has 0 saturated carbocycles. The first kappa shape index (κ1) is 37.9. The fraction of sp³-hybridized carbons (Fsp3) is 0.294. The smallest absolute Gasteiger partial charge is 0.413 e. The Labute approximate surface area is 321 Å². The Morgan fingerprint density at radius 3 is 2.38 bits per heavy atom. The van der Waals surface area contributed by atoms with Gasteiger partial charge in [-0.1, -0.05) is 77.6 Å². The average Bonchev–Trinajstić information content (AvgIpc) is 3.82. The summed E-state index contributed by atoms with van der Waals surface area (Å²) in [5, 5.41) is 17.5. The van der Waals surface area contributed by atoms with E-state index in [1.54, 1.807) is 26.2 Å². The molecule has 4 aromatic rings. The fourth-order valence-electron chi connectivity index (χ4n) is 5.14. The number of esters is 1. The zero-order valence-electron chi connectivity index (χ0n) is 28.8. The molecule has 6 rings (SSSR count). The van der Waals surface area contributed by atoms with Gasteiger partial charge < -0.3 is 19.6 Å². The van der Waals surface area contributed by atoms with E-state index in [0.717, 1.165) is 22.5 Å². The number of hydrogen-bond acceptors (Lipinski definition) is 15. The molecule has 2 unspecified atom stereocenters. The lowest BCUT2D eigenvalue weighted by Crippen LogP contribution is -2.57. The highest BCUT2D eigenvalue weighted by atomic mass is 32.2. The fourth-order valence-corrected chi connectivity index (χ4v) is 9.44. The molecule has 276 valence electrons. The third kappa shape index (κ3) is 9.39. The highest BCUT2D eigenvalue weighted by molar-refractivity contribution is 8.18. The Morgan fingerprint density at radius 1 is 1.08 bits per heavy atom. The van der Waals surface area contributed by atoms with Gasteiger partial charge in [0.15, 0.2) is 16.9 Å². The van der Waals surface area contributed by atoms with Gasteiger partial charge >= 0.3 is 12.1 Å². The maximum absolute atomic E-state index is 14.4. The minimum absolute atomic E-state index is 0.0375. The number of carbonyl (C=O) groups excluding carboxylic acids is 4. The van der Waals surface area contributed by atoms with Crippen molar-refractivity contribution in [3.8, 4) is 0 Å². The number of aromatic amines is 1. The van der Waals surface area contributed by atoms with E-state index in [0.29, 0.717) is 15.1 Å². The van der Waals surface area contributed by atoms with Crippen molar-refractivity contribution < 1.29 is 33.5 Å². The number of aromatic nitrogens is 4. The summed E-state index contributed by atoms with van der Waals surface area (Å²) in [5.74, 6) is -1.64. The van der Waals surface area contributed by atoms with Gasteiger partial charge in [-0.3, -0.25) is 24.9 Å². The van der Waals surface area contributed by atoms with Crippen LogP contribution in [0.4, 0.5) is 9.93 Å². The third-order valence-electron chi connectivity index (χ3n) is 7.34. The number of nitrogens with zero attached hydrogens (tertiary/aromatic N) is 5. The van der Waals surface area contributed by atoms with Crippen LogP contribution in [0.2, 0.25) is 0 Å². The number of anilines is 1. The summed E-state index contributed by atoms with van der Waals surface area (Å²) in [6.07, 6.45) is 0.123. The first-order valence-corrected chi connectivity index (χ1v) is 19.8. The summed E-state index contributed by atoms with van der Waals surface area (Å²) in [4.78, 5) is 69.2. The van der Waals surface area contributed by atoms with Crippen LogP contribution in [0.15, 0.2) is 93.3 Å². The van der Waals surface area contributed by atoms with Crippen LogP contribution in [0, 0.1) is 0 Å². The van der Waals surface area contributed by atoms with Gasteiger partial charge in [0.1, 0.15) is 35.8 Å². The van der Waals surface area contributed by atoms with Gasteiger partial charge in [0, 0.05) is 10.3 Å². The van der Waals surface area contributed by atoms with Gasteiger partial charge in [0.2, 0.25) is 11.1 Å². The van der Waals surface area contributed by atoms with E-state index < -0.39 is 40.4 Å². The predicted molar refractivity (Wildman–Crippen MR) is 203 cm³/mol. The first-order chi connectivity index (χ1) is 25.5. The quantitative estimate of drug-likeness (QED) is 0.0372. The van der Waals surface area contributed by atoms with Crippen LogP contribution in [0.3, 0.4) is 0 Å². The van der Waals surface area contributed by atoms with Crippen molar-refractivity contribution in [3.05, 3.63) is 99.8 Å². The molecule has 0 aliphatic carbocycles. The van der Waals surface area contributed by atoms with Crippen molar-refractivity contribution >= 4 is 81.3 Å². The summed E-state index contributed by atoms with van der Waals surface area (Å²) >= 11 is 4.93. The van der Waals surface area contributed by atoms with Gasteiger partial charge in [-0.25, -0.2) is 19.6 Å². The van der Waals surface area contributed by atoms with Crippen LogP contribution < -0.4 is 10.6 Å². The number of H-pyrrole nitrogens is 1. The maximum atomic E-state index is 14.4. The number of fused-ring (bicyclic) bond motifs is 1. The van der Waals surface area contributed by atoms with E-state index in [-0.39, 0.29) is 34.6 Å². The summed E-state index contributed by atoms with van der Waals surface area (Å²) in [5.41, 5.74) is 0.756. The highest BCUT2D eigenvalue weighted by Crippen LogP contribution is 2.48. The number of β-lactam (4-membered cyclic amide) rings is 1. The number of rotatable bonds is 13. The molecule has 2 atom stereocenters. The molecule has 53 heavy (non-hydrogen) atoms. The molecule has 2 aliphatic rings. The van der Waals surface area contributed by atoms with Crippen LogP contribution >= 0.6 is 46.6 Å². The van der Waals surface area contributed by atoms with Crippen molar-refractivity contribution in [2.45, 2.75) is 54.8 Å². The van der Waals surface area contributed by atoms with E-state index in [1.165, 1.54) is 53.6 Å². The molecule has 0 spiro atoms. The van der Waals surface area contributed by atoms with Crippen LogP contribution in [-0.4, -0.2) is 83.2 Å². The predicted octanol–water partition coefficient (Wildman–Crippen LogP) is 5.73. The molecule has 19 heteroatoms. The molecule has 3 amide bonds. The van der Waals surface area contributed by atoms with Crippen LogP contribution in [0.1, 0.15) is 50.1 Å². The van der Waals surface area contributed by atoms with Crippen LogP contribution in [0.25, 0.3) is 0 Å². The number of thioether (sulfide) groups is 3. The number of ether oxygens (including phenoxy) is 2. The molecule has 2 aromatic heterocycles. The van der Waals surface area contributed by atoms with Crippen molar-refractivity contribution in [3.63, 3.8) is 0 Å². The van der Waals surface area contributed by atoms with Gasteiger partial charge in [-0.2, -0.15) is 0 Å². The minimum atomic E-state index is -0.816. The minimum Gasteiger partial charge on any atom is -0.448 e.